The highest BCUT2D eigenvalue weighted by Gasteiger charge is 2.49. The molecule has 2 aliphatic heterocycles. The van der Waals surface area contributed by atoms with Crippen molar-refractivity contribution in [2.45, 2.75) is 62.6 Å². The molecule has 5 aromatic rings. The molecule has 43 heavy (non-hydrogen) atoms. The monoisotopic (exact) mass is 574 g/mol. The number of imidazole rings is 2. The van der Waals surface area contributed by atoms with Crippen molar-refractivity contribution in [3.05, 3.63) is 83.6 Å². The molecule has 2 saturated carbocycles. The van der Waals surface area contributed by atoms with E-state index in [4.69, 9.17) is 4.98 Å². The van der Waals surface area contributed by atoms with Crippen LogP contribution in [0.2, 0.25) is 0 Å². The van der Waals surface area contributed by atoms with Gasteiger partial charge < -0.3 is 20.6 Å². The molecule has 4 fully saturated rings. The lowest BCUT2D eigenvalue weighted by molar-refractivity contribution is 0.0481. The van der Waals surface area contributed by atoms with Gasteiger partial charge in [0.15, 0.2) is 0 Å². The van der Waals surface area contributed by atoms with Crippen LogP contribution in [-0.2, 0) is 5.92 Å². The van der Waals surface area contributed by atoms with E-state index in [1.165, 1.54) is 32.1 Å². The number of nitrogens with one attached hydrogen (secondary N) is 4. The molecule has 3 aliphatic carbocycles. The molecule has 10 rings (SSSR count). The Bertz CT molecular complexity index is 1950. The second-order valence-corrected chi connectivity index (χ2v) is 13.7. The summed E-state index contributed by atoms with van der Waals surface area (Å²) in [5.74, 6) is -0.571. The van der Waals surface area contributed by atoms with Gasteiger partial charge in [-0.3, -0.25) is 0 Å². The fourth-order valence-corrected chi connectivity index (χ4v) is 8.42. The first-order valence-corrected chi connectivity index (χ1v) is 15.6. The number of piperidine rings is 1. The van der Waals surface area contributed by atoms with Crippen LogP contribution in [0.25, 0.3) is 44.5 Å². The predicted octanol–water partition coefficient (Wildman–Crippen LogP) is 7.37. The Morgan fingerprint density at radius 2 is 1.58 bits per heavy atom. The topological polar surface area (TPSA) is 81.4 Å². The molecule has 2 aromatic heterocycles. The summed E-state index contributed by atoms with van der Waals surface area (Å²) in [7, 11) is 0. The van der Waals surface area contributed by atoms with Crippen molar-refractivity contribution in [1.82, 2.24) is 30.6 Å². The second-order valence-electron chi connectivity index (χ2n) is 13.7. The molecule has 0 amide bonds. The molecule has 5 aliphatic rings. The summed E-state index contributed by atoms with van der Waals surface area (Å²) in [4.78, 5) is 16.4. The van der Waals surface area contributed by atoms with E-state index in [0.29, 0.717) is 28.5 Å². The zero-order valence-corrected chi connectivity index (χ0v) is 23.7. The third-order valence-corrected chi connectivity index (χ3v) is 11.0. The van der Waals surface area contributed by atoms with Crippen molar-refractivity contribution in [2.24, 2.45) is 11.3 Å². The number of hydrogen-bond acceptors (Lipinski definition) is 4. The fraction of sp³-hybridized carbons (Fsp3) is 0.371. The van der Waals surface area contributed by atoms with E-state index in [1.807, 2.05) is 42.5 Å². The molecule has 3 aromatic carbocycles. The standard InChI is InChI=1S/C35H32F2N6/c36-35(37)25-12-18(19-4-8-27-28(14-19)42-33(41-27)31-21-1-5-22(11-21)40-31)2-6-23(25)24-7-3-20(13-26(24)35)30-16-38-32(43-30)29-15-34(9-10-34)17-39-29/h2-4,6-8,12-14,16,21-22,29,31,39-40H,1,5,9-11,15,17H2,(H,38,43)(H,41,42)/t21-,22+,29+,31-/m0/s1. The van der Waals surface area contributed by atoms with E-state index >= 15 is 8.78 Å². The molecule has 6 nitrogen and oxygen atoms in total. The summed E-state index contributed by atoms with van der Waals surface area (Å²) < 4.78 is 32.2. The number of aromatic amines is 2. The summed E-state index contributed by atoms with van der Waals surface area (Å²) in [5, 5.41) is 7.29. The average molecular weight is 575 g/mol. The van der Waals surface area contributed by atoms with E-state index in [9.17, 15) is 0 Å². The number of alkyl halides is 2. The lowest BCUT2D eigenvalue weighted by Gasteiger charge is -2.20. The summed E-state index contributed by atoms with van der Waals surface area (Å²) in [6.45, 7) is 1.04. The van der Waals surface area contributed by atoms with Crippen molar-refractivity contribution in [3.63, 3.8) is 0 Å². The molecule has 4 N–H and O–H groups in total. The molecule has 4 atom stereocenters. The number of rotatable bonds is 4. The molecule has 2 bridgehead atoms. The molecular weight excluding hydrogens is 542 g/mol. The van der Waals surface area contributed by atoms with Crippen LogP contribution in [0.3, 0.4) is 0 Å². The van der Waals surface area contributed by atoms with E-state index in [0.717, 1.165) is 58.0 Å². The number of hydrogen-bond donors (Lipinski definition) is 4. The Labute approximate surface area is 247 Å². The van der Waals surface area contributed by atoms with Crippen LogP contribution >= 0.6 is 0 Å². The van der Waals surface area contributed by atoms with Gasteiger partial charge >= 0.3 is 0 Å². The van der Waals surface area contributed by atoms with Crippen LogP contribution in [0.5, 0.6) is 0 Å². The van der Waals surface area contributed by atoms with Crippen molar-refractivity contribution < 1.29 is 8.78 Å². The van der Waals surface area contributed by atoms with Crippen LogP contribution < -0.4 is 10.6 Å². The lowest BCUT2D eigenvalue weighted by Crippen LogP contribution is -2.29. The van der Waals surface area contributed by atoms with Gasteiger partial charge in [-0.2, -0.15) is 8.78 Å². The molecule has 4 heterocycles. The van der Waals surface area contributed by atoms with Crippen LogP contribution in [-0.4, -0.2) is 32.5 Å². The Morgan fingerprint density at radius 1 is 0.814 bits per heavy atom. The van der Waals surface area contributed by atoms with Gasteiger partial charge in [-0.05, 0) is 96.4 Å². The summed E-state index contributed by atoms with van der Waals surface area (Å²) in [5.41, 5.74) is 6.79. The van der Waals surface area contributed by atoms with Crippen LogP contribution in [0, 0.1) is 11.3 Å². The van der Waals surface area contributed by atoms with Gasteiger partial charge in [0.2, 0.25) is 0 Å². The first-order chi connectivity index (χ1) is 20.9. The zero-order valence-electron chi connectivity index (χ0n) is 23.7. The van der Waals surface area contributed by atoms with Crippen LogP contribution in [0.15, 0.2) is 60.8 Å². The number of H-pyrrole nitrogens is 2. The van der Waals surface area contributed by atoms with E-state index in [2.05, 4.69) is 25.6 Å². The Balaban J connectivity index is 0.956. The third-order valence-electron chi connectivity index (χ3n) is 11.0. The summed E-state index contributed by atoms with van der Waals surface area (Å²) >= 11 is 0. The minimum atomic E-state index is -3.09. The van der Waals surface area contributed by atoms with Crippen LogP contribution in [0.4, 0.5) is 8.78 Å². The van der Waals surface area contributed by atoms with Crippen molar-refractivity contribution in [2.75, 3.05) is 6.54 Å². The van der Waals surface area contributed by atoms with Gasteiger partial charge in [-0.25, -0.2) is 9.97 Å². The number of benzene rings is 3. The summed E-state index contributed by atoms with van der Waals surface area (Å²) in [6, 6.07) is 18.0. The first-order valence-electron chi connectivity index (χ1n) is 15.6. The van der Waals surface area contributed by atoms with Gasteiger partial charge in [-0.1, -0.05) is 30.3 Å². The van der Waals surface area contributed by atoms with E-state index < -0.39 is 5.92 Å². The fourth-order valence-electron chi connectivity index (χ4n) is 8.42. The maximum Gasteiger partial charge on any atom is 0.299 e. The zero-order chi connectivity index (χ0) is 28.5. The molecule has 2 saturated heterocycles. The minimum Gasteiger partial charge on any atom is -0.341 e. The second kappa shape index (κ2) is 8.39. The van der Waals surface area contributed by atoms with Crippen molar-refractivity contribution in [1.29, 1.82) is 0 Å². The van der Waals surface area contributed by atoms with Gasteiger partial charge in [0.25, 0.3) is 5.92 Å². The molecule has 0 radical (unpaired) electrons. The highest BCUT2D eigenvalue weighted by molar-refractivity contribution is 5.86. The maximum absolute atomic E-state index is 16.1. The molecule has 8 heteroatoms. The number of aromatic nitrogens is 4. The van der Waals surface area contributed by atoms with Crippen molar-refractivity contribution in [3.8, 4) is 33.5 Å². The van der Waals surface area contributed by atoms with Crippen LogP contribution in [0.1, 0.15) is 73.4 Å². The Kier molecular flexibility index (Phi) is 4.79. The quantitative estimate of drug-likeness (QED) is 0.181. The predicted molar refractivity (Wildman–Crippen MR) is 162 cm³/mol. The normalized spacial score (nSPS) is 27.3. The Morgan fingerprint density at radius 3 is 2.33 bits per heavy atom. The van der Waals surface area contributed by atoms with Crippen molar-refractivity contribution >= 4 is 11.0 Å². The molecule has 1 spiro atoms. The van der Waals surface area contributed by atoms with Gasteiger partial charge in [0.1, 0.15) is 11.6 Å². The number of halogens is 2. The highest BCUT2D eigenvalue weighted by atomic mass is 19.3. The first kappa shape index (κ1) is 24.6. The minimum absolute atomic E-state index is 0.0521. The maximum atomic E-state index is 16.1. The largest absolute Gasteiger partial charge is 0.341 e. The third kappa shape index (κ3) is 3.63. The van der Waals surface area contributed by atoms with Gasteiger partial charge in [-0.15, -0.1) is 0 Å². The smallest absolute Gasteiger partial charge is 0.299 e. The Hall–Kier alpha value is -3.88. The molecule has 0 unspecified atom stereocenters. The highest BCUT2D eigenvalue weighted by Crippen LogP contribution is 2.55. The van der Waals surface area contributed by atoms with Gasteiger partial charge in [0.05, 0.1) is 35.0 Å². The molecular formula is C35H32F2N6. The average Bonchev–Trinajstić information content (AvgIpc) is 3.68. The van der Waals surface area contributed by atoms with E-state index in [1.54, 1.807) is 18.3 Å². The number of fused-ring (bicyclic) bond motifs is 6. The summed E-state index contributed by atoms with van der Waals surface area (Å²) in [6.07, 6.45) is 9.16. The SMILES string of the molecule is FC1(F)c2cc(-c3ccc4nc([C@H]5N[C@@H]6CC[C@H]5C6)[nH]c4c3)ccc2-c2ccc(-c3cnc([C@H]4CC5(CC5)CN4)[nH]3)cc21. The molecule has 216 valence electrons. The van der Waals surface area contributed by atoms with Gasteiger partial charge in [0, 0.05) is 29.3 Å². The van der Waals surface area contributed by atoms with E-state index in [-0.39, 0.29) is 23.2 Å². The number of nitrogens with zero attached hydrogens (tertiary/aromatic N) is 2. The lowest BCUT2D eigenvalue weighted by atomic mass is 9.98.